The number of ether oxygens (including phenoxy) is 1. The van der Waals surface area contributed by atoms with E-state index in [1.54, 1.807) is 4.68 Å². The number of rotatable bonds is 6. The van der Waals surface area contributed by atoms with Gasteiger partial charge in [-0.1, -0.05) is 47.7 Å². The predicted molar refractivity (Wildman–Crippen MR) is 138 cm³/mol. The van der Waals surface area contributed by atoms with Crippen LogP contribution in [0.25, 0.3) is 22.6 Å². The Balaban J connectivity index is 1.39. The highest BCUT2D eigenvalue weighted by atomic mass is 32.2. The third kappa shape index (κ3) is 4.55. The number of aromatic nitrogens is 5. The topological polar surface area (TPSA) is 78.1 Å². The van der Waals surface area contributed by atoms with Crippen molar-refractivity contribution >= 4 is 23.4 Å². The van der Waals surface area contributed by atoms with Gasteiger partial charge in [0.2, 0.25) is 5.91 Å². The van der Waals surface area contributed by atoms with Crippen molar-refractivity contribution in [3.05, 3.63) is 59.8 Å². The smallest absolute Gasteiger partial charge is 0.237 e. The number of fused-ring (bicyclic) bond motifs is 1. The highest BCUT2D eigenvalue weighted by Crippen LogP contribution is 2.34. The van der Waals surface area contributed by atoms with Gasteiger partial charge in [-0.05, 0) is 38.5 Å². The van der Waals surface area contributed by atoms with Crippen molar-refractivity contribution in [3.63, 3.8) is 0 Å². The summed E-state index contributed by atoms with van der Waals surface area (Å²) >= 11 is 1.41. The van der Waals surface area contributed by atoms with Gasteiger partial charge >= 0.3 is 0 Å². The number of carbonyl (C=O) groups excluding carboxylic acids is 1. The molecule has 0 aliphatic carbocycles. The number of carbonyl (C=O) groups is 1. The van der Waals surface area contributed by atoms with E-state index in [0.29, 0.717) is 24.9 Å². The van der Waals surface area contributed by atoms with Gasteiger partial charge in [-0.15, -0.1) is 10.2 Å². The van der Waals surface area contributed by atoms with Gasteiger partial charge in [0.25, 0.3) is 0 Å². The Labute approximate surface area is 208 Å². The first-order valence-electron chi connectivity index (χ1n) is 11.7. The van der Waals surface area contributed by atoms with Crippen LogP contribution < -0.4 is 9.64 Å². The summed E-state index contributed by atoms with van der Waals surface area (Å²) < 4.78 is 9.58. The summed E-state index contributed by atoms with van der Waals surface area (Å²) in [5.74, 6) is 1.79. The van der Waals surface area contributed by atoms with Gasteiger partial charge in [-0.25, -0.2) is 0 Å². The van der Waals surface area contributed by atoms with E-state index >= 15 is 0 Å². The van der Waals surface area contributed by atoms with Crippen molar-refractivity contribution in [1.29, 1.82) is 0 Å². The zero-order valence-corrected chi connectivity index (χ0v) is 21.2. The first-order valence-corrected chi connectivity index (χ1v) is 12.6. The molecule has 3 heterocycles. The number of anilines is 1. The number of aryl methyl sites for hydroxylation is 3. The molecule has 0 atom stereocenters. The lowest BCUT2D eigenvalue weighted by molar-refractivity contribution is -0.116. The maximum absolute atomic E-state index is 13.2. The maximum Gasteiger partial charge on any atom is 0.237 e. The number of hydrogen-bond acceptors (Lipinski definition) is 6. The second-order valence-electron chi connectivity index (χ2n) is 8.64. The molecule has 0 radical (unpaired) electrons. The number of thioether (sulfide) groups is 1. The summed E-state index contributed by atoms with van der Waals surface area (Å²) in [4.78, 5) is 15.0. The van der Waals surface area contributed by atoms with Crippen LogP contribution in [0.3, 0.4) is 0 Å². The molecule has 180 valence electrons. The van der Waals surface area contributed by atoms with Gasteiger partial charge in [-0.3, -0.25) is 9.48 Å². The average Bonchev–Trinajstić information content (AvgIpc) is 3.45. The average molecular weight is 489 g/mol. The van der Waals surface area contributed by atoms with Crippen LogP contribution in [0, 0.1) is 13.8 Å². The van der Waals surface area contributed by atoms with Gasteiger partial charge < -0.3 is 14.2 Å². The summed E-state index contributed by atoms with van der Waals surface area (Å²) in [6, 6.07) is 14.2. The number of benzene rings is 2. The number of amides is 1. The molecule has 9 heteroatoms. The molecule has 0 bridgehead atoms. The molecule has 0 fully saturated rings. The summed E-state index contributed by atoms with van der Waals surface area (Å²) in [7, 11) is 1.91. The van der Waals surface area contributed by atoms with Crippen molar-refractivity contribution in [3.8, 4) is 28.4 Å². The van der Waals surface area contributed by atoms with Crippen LogP contribution in [0.4, 0.5) is 5.69 Å². The second-order valence-corrected chi connectivity index (χ2v) is 9.58. The van der Waals surface area contributed by atoms with Crippen LogP contribution in [-0.2, 0) is 18.4 Å². The predicted octanol–water partition coefficient (Wildman–Crippen LogP) is 4.50. The molecule has 0 saturated carbocycles. The van der Waals surface area contributed by atoms with Crippen molar-refractivity contribution in [1.82, 2.24) is 24.5 Å². The summed E-state index contributed by atoms with van der Waals surface area (Å²) in [6.07, 6.45) is 1.97. The molecule has 1 amide bonds. The van der Waals surface area contributed by atoms with Crippen LogP contribution in [0.1, 0.15) is 18.1 Å². The van der Waals surface area contributed by atoms with Gasteiger partial charge in [0.1, 0.15) is 18.1 Å². The molecule has 0 spiro atoms. The van der Waals surface area contributed by atoms with E-state index in [1.807, 2.05) is 47.8 Å². The Morgan fingerprint density at radius 1 is 1.09 bits per heavy atom. The van der Waals surface area contributed by atoms with Crippen LogP contribution >= 0.6 is 11.8 Å². The zero-order valence-electron chi connectivity index (χ0n) is 20.4. The first-order chi connectivity index (χ1) is 16.9. The SMILES string of the molecule is CCn1c(SCC(=O)N2CCOc3ccc(C)cc32)nnc1-c1cn(C)nc1-c1ccc(C)cc1. The molecule has 0 unspecified atom stereocenters. The van der Waals surface area contributed by atoms with E-state index in [4.69, 9.17) is 9.84 Å². The van der Waals surface area contributed by atoms with Crippen molar-refractivity contribution < 1.29 is 9.53 Å². The standard InChI is InChI=1S/C26H28N6O2S/c1-5-31-25(20-15-30(4)29-24(20)19-9-6-17(2)7-10-19)27-28-26(31)35-16-23(33)32-12-13-34-22-11-8-18(3)14-21(22)32/h6-11,14-15H,5,12-13,16H2,1-4H3. The maximum atomic E-state index is 13.2. The van der Waals surface area contributed by atoms with Crippen LogP contribution in [-0.4, -0.2) is 49.4 Å². The minimum absolute atomic E-state index is 0.0269. The number of hydrogen-bond donors (Lipinski definition) is 0. The fraction of sp³-hybridized carbons (Fsp3) is 0.308. The van der Waals surface area contributed by atoms with E-state index in [9.17, 15) is 4.79 Å². The molecule has 0 N–H and O–H groups in total. The Morgan fingerprint density at radius 3 is 2.63 bits per heavy atom. The first kappa shape index (κ1) is 23.2. The van der Waals surface area contributed by atoms with Crippen LogP contribution in [0.15, 0.2) is 53.8 Å². The lowest BCUT2D eigenvalue weighted by atomic mass is 10.1. The summed E-state index contributed by atoms with van der Waals surface area (Å²) in [5, 5.41) is 14.4. The molecular formula is C26H28N6O2S. The molecule has 8 nitrogen and oxygen atoms in total. The Hall–Kier alpha value is -3.59. The molecule has 2 aromatic heterocycles. The third-order valence-corrected chi connectivity index (χ3v) is 6.98. The normalized spacial score (nSPS) is 13.0. The summed E-state index contributed by atoms with van der Waals surface area (Å²) in [5.41, 5.74) is 5.93. The van der Waals surface area contributed by atoms with E-state index in [-0.39, 0.29) is 11.7 Å². The number of nitrogens with zero attached hydrogens (tertiary/aromatic N) is 6. The molecule has 1 aliphatic rings. The van der Waals surface area contributed by atoms with Gasteiger partial charge in [0.15, 0.2) is 11.0 Å². The lowest BCUT2D eigenvalue weighted by Gasteiger charge is -2.29. The molecule has 4 aromatic rings. The minimum Gasteiger partial charge on any atom is -0.490 e. The molecule has 0 saturated heterocycles. The van der Waals surface area contributed by atoms with Crippen LogP contribution in [0.5, 0.6) is 5.75 Å². The molecule has 2 aromatic carbocycles. The van der Waals surface area contributed by atoms with E-state index < -0.39 is 0 Å². The van der Waals surface area contributed by atoms with E-state index in [0.717, 1.165) is 39.6 Å². The van der Waals surface area contributed by atoms with Crippen molar-refractivity contribution in [2.24, 2.45) is 7.05 Å². The van der Waals surface area contributed by atoms with Gasteiger partial charge in [0, 0.05) is 25.4 Å². The lowest BCUT2D eigenvalue weighted by Crippen LogP contribution is -2.39. The largest absolute Gasteiger partial charge is 0.490 e. The quantitative estimate of drug-likeness (QED) is 0.372. The highest BCUT2D eigenvalue weighted by molar-refractivity contribution is 7.99. The monoisotopic (exact) mass is 488 g/mol. The Bertz CT molecular complexity index is 1380. The molecular weight excluding hydrogens is 460 g/mol. The highest BCUT2D eigenvalue weighted by Gasteiger charge is 2.25. The van der Waals surface area contributed by atoms with Crippen molar-refractivity contribution in [2.75, 3.05) is 23.8 Å². The van der Waals surface area contributed by atoms with E-state index in [2.05, 4.69) is 48.3 Å². The third-order valence-electron chi connectivity index (χ3n) is 6.03. The Morgan fingerprint density at radius 2 is 1.86 bits per heavy atom. The van der Waals surface area contributed by atoms with E-state index in [1.165, 1.54) is 17.3 Å². The van der Waals surface area contributed by atoms with Gasteiger partial charge in [0.05, 0.1) is 23.5 Å². The van der Waals surface area contributed by atoms with Crippen molar-refractivity contribution in [2.45, 2.75) is 32.5 Å². The molecule has 1 aliphatic heterocycles. The molecule has 5 rings (SSSR count). The fourth-order valence-electron chi connectivity index (χ4n) is 4.25. The second kappa shape index (κ2) is 9.58. The fourth-order valence-corrected chi connectivity index (χ4v) is 5.13. The van der Waals surface area contributed by atoms with Crippen LogP contribution in [0.2, 0.25) is 0 Å². The van der Waals surface area contributed by atoms with Gasteiger partial charge in [-0.2, -0.15) is 5.10 Å². The summed E-state index contributed by atoms with van der Waals surface area (Å²) in [6.45, 7) is 7.85. The molecule has 35 heavy (non-hydrogen) atoms. The zero-order chi connectivity index (χ0) is 24.5. The Kier molecular flexibility index (Phi) is 6.34. The minimum atomic E-state index is 0.0269.